The number of benzene rings is 1. The lowest BCUT2D eigenvalue weighted by Crippen LogP contribution is -2.16. The molecule has 1 unspecified atom stereocenters. The van der Waals surface area contributed by atoms with Gasteiger partial charge in [-0.1, -0.05) is 57.5 Å². The monoisotopic (exact) mass is 205 g/mol. The van der Waals surface area contributed by atoms with Crippen LogP contribution in [0.4, 0.5) is 0 Å². The molecule has 1 atom stereocenters. The fourth-order valence-corrected chi connectivity index (χ4v) is 1.59. The molecule has 1 heteroatoms. The molecule has 0 aliphatic heterocycles. The van der Waals surface area contributed by atoms with Gasteiger partial charge in [-0.2, -0.15) is 0 Å². The van der Waals surface area contributed by atoms with Gasteiger partial charge in [0.15, 0.2) is 0 Å². The van der Waals surface area contributed by atoms with Gasteiger partial charge in [-0.25, -0.2) is 0 Å². The maximum atomic E-state index is 6.16. The highest BCUT2D eigenvalue weighted by Crippen LogP contribution is 2.29. The summed E-state index contributed by atoms with van der Waals surface area (Å²) in [6, 6.07) is 10.6. The van der Waals surface area contributed by atoms with Crippen LogP contribution in [0.2, 0.25) is 0 Å². The van der Waals surface area contributed by atoms with Crippen molar-refractivity contribution < 1.29 is 0 Å². The second kappa shape index (κ2) is 5.32. The molecule has 0 spiro atoms. The summed E-state index contributed by atoms with van der Waals surface area (Å²) in [5.74, 6) is 0. The van der Waals surface area contributed by atoms with Crippen LogP contribution in [0, 0.1) is 5.41 Å². The van der Waals surface area contributed by atoms with Crippen molar-refractivity contribution in [3.05, 3.63) is 35.9 Å². The van der Waals surface area contributed by atoms with Crippen molar-refractivity contribution in [2.45, 2.75) is 46.1 Å². The average Bonchev–Trinajstić information content (AvgIpc) is 2.27. The first-order chi connectivity index (χ1) is 7.05. The molecule has 1 nitrogen and oxygen atoms in total. The van der Waals surface area contributed by atoms with Crippen LogP contribution in [0.15, 0.2) is 30.3 Å². The van der Waals surface area contributed by atoms with Crippen molar-refractivity contribution in [2.24, 2.45) is 11.1 Å². The fraction of sp³-hybridized carbons (Fsp3) is 0.571. The van der Waals surface area contributed by atoms with Gasteiger partial charge in [0.05, 0.1) is 0 Å². The van der Waals surface area contributed by atoms with Crippen LogP contribution in [0.1, 0.15) is 51.6 Å². The molecular formula is C14H23N. The van der Waals surface area contributed by atoms with E-state index in [1.54, 1.807) is 0 Å². The molecule has 0 saturated heterocycles. The molecule has 0 bridgehead atoms. The predicted molar refractivity (Wildman–Crippen MR) is 66.7 cm³/mol. The fourth-order valence-electron chi connectivity index (χ4n) is 1.59. The van der Waals surface area contributed by atoms with Gasteiger partial charge in [-0.15, -0.1) is 0 Å². The van der Waals surface area contributed by atoms with E-state index in [4.69, 9.17) is 5.73 Å². The SMILES string of the molecule is CCC(C)(C)CCC(N)c1ccccc1. The number of hydrogen-bond acceptors (Lipinski definition) is 1. The van der Waals surface area contributed by atoms with Crippen LogP contribution in [-0.2, 0) is 0 Å². The Kier molecular flexibility index (Phi) is 4.34. The van der Waals surface area contributed by atoms with E-state index in [0.717, 1.165) is 6.42 Å². The predicted octanol–water partition coefficient (Wildman–Crippen LogP) is 3.90. The van der Waals surface area contributed by atoms with Crippen LogP contribution < -0.4 is 5.73 Å². The molecule has 0 radical (unpaired) electrons. The van der Waals surface area contributed by atoms with E-state index in [-0.39, 0.29) is 6.04 Å². The minimum absolute atomic E-state index is 0.192. The van der Waals surface area contributed by atoms with Crippen LogP contribution in [0.25, 0.3) is 0 Å². The first-order valence-electron chi connectivity index (χ1n) is 5.86. The summed E-state index contributed by atoms with van der Waals surface area (Å²) in [5, 5.41) is 0. The van der Waals surface area contributed by atoms with Crippen molar-refractivity contribution in [2.75, 3.05) is 0 Å². The van der Waals surface area contributed by atoms with Crippen LogP contribution in [0.3, 0.4) is 0 Å². The van der Waals surface area contributed by atoms with Gasteiger partial charge in [0, 0.05) is 6.04 Å². The summed E-state index contributed by atoms with van der Waals surface area (Å²) in [5.41, 5.74) is 7.83. The Morgan fingerprint density at radius 1 is 1.20 bits per heavy atom. The van der Waals surface area contributed by atoms with Crippen molar-refractivity contribution in [1.82, 2.24) is 0 Å². The number of hydrogen-bond donors (Lipinski definition) is 1. The lowest BCUT2D eigenvalue weighted by Gasteiger charge is -2.24. The molecule has 84 valence electrons. The van der Waals surface area contributed by atoms with Crippen LogP contribution in [-0.4, -0.2) is 0 Å². The third-order valence-corrected chi connectivity index (χ3v) is 3.32. The van der Waals surface area contributed by atoms with Crippen LogP contribution in [0.5, 0.6) is 0 Å². The Bertz CT molecular complexity index is 277. The molecule has 0 saturated carbocycles. The van der Waals surface area contributed by atoms with E-state index < -0.39 is 0 Å². The Labute approximate surface area is 93.7 Å². The van der Waals surface area contributed by atoms with Crippen LogP contribution >= 0.6 is 0 Å². The molecule has 1 rings (SSSR count). The van der Waals surface area contributed by atoms with Gasteiger partial charge in [-0.3, -0.25) is 0 Å². The topological polar surface area (TPSA) is 26.0 Å². The second-order valence-electron chi connectivity index (χ2n) is 5.07. The lowest BCUT2D eigenvalue weighted by atomic mass is 9.83. The first-order valence-corrected chi connectivity index (χ1v) is 5.86. The van der Waals surface area contributed by atoms with E-state index >= 15 is 0 Å². The second-order valence-corrected chi connectivity index (χ2v) is 5.07. The summed E-state index contributed by atoms with van der Waals surface area (Å²) in [6.45, 7) is 6.86. The van der Waals surface area contributed by atoms with E-state index in [9.17, 15) is 0 Å². The molecule has 1 aromatic carbocycles. The van der Waals surface area contributed by atoms with Gasteiger partial charge < -0.3 is 5.73 Å². The summed E-state index contributed by atoms with van der Waals surface area (Å²) < 4.78 is 0. The largest absolute Gasteiger partial charge is 0.324 e. The molecule has 0 aliphatic carbocycles. The van der Waals surface area contributed by atoms with E-state index in [0.29, 0.717) is 5.41 Å². The lowest BCUT2D eigenvalue weighted by molar-refractivity contribution is 0.302. The summed E-state index contributed by atoms with van der Waals surface area (Å²) in [4.78, 5) is 0. The molecule has 0 amide bonds. The molecule has 2 N–H and O–H groups in total. The zero-order valence-electron chi connectivity index (χ0n) is 10.2. The number of nitrogens with two attached hydrogens (primary N) is 1. The molecular weight excluding hydrogens is 182 g/mol. The van der Waals surface area contributed by atoms with E-state index in [1.807, 2.05) is 6.07 Å². The minimum Gasteiger partial charge on any atom is -0.324 e. The summed E-state index contributed by atoms with van der Waals surface area (Å²) in [7, 11) is 0. The average molecular weight is 205 g/mol. The molecule has 15 heavy (non-hydrogen) atoms. The highest BCUT2D eigenvalue weighted by atomic mass is 14.6. The first kappa shape index (κ1) is 12.3. The maximum Gasteiger partial charge on any atom is 0.0295 e. The summed E-state index contributed by atoms with van der Waals surface area (Å²) >= 11 is 0. The normalized spacial score (nSPS) is 13.9. The Morgan fingerprint density at radius 2 is 1.80 bits per heavy atom. The molecule has 0 aliphatic rings. The third-order valence-electron chi connectivity index (χ3n) is 3.32. The molecule has 0 aromatic heterocycles. The quantitative estimate of drug-likeness (QED) is 0.775. The van der Waals surface area contributed by atoms with Crippen molar-refractivity contribution in [3.8, 4) is 0 Å². The van der Waals surface area contributed by atoms with Gasteiger partial charge in [0.1, 0.15) is 0 Å². The molecule has 0 fully saturated rings. The summed E-state index contributed by atoms with van der Waals surface area (Å²) in [6.07, 6.45) is 3.49. The minimum atomic E-state index is 0.192. The zero-order chi connectivity index (χ0) is 11.3. The Balaban J connectivity index is 2.47. The number of rotatable bonds is 5. The van der Waals surface area contributed by atoms with E-state index in [1.165, 1.54) is 18.4 Å². The van der Waals surface area contributed by atoms with E-state index in [2.05, 4.69) is 45.0 Å². The maximum absolute atomic E-state index is 6.16. The van der Waals surface area contributed by atoms with Gasteiger partial charge >= 0.3 is 0 Å². The van der Waals surface area contributed by atoms with Crippen molar-refractivity contribution >= 4 is 0 Å². The van der Waals surface area contributed by atoms with Gasteiger partial charge in [0.2, 0.25) is 0 Å². The van der Waals surface area contributed by atoms with Crippen molar-refractivity contribution in [3.63, 3.8) is 0 Å². The third kappa shape index (κ3) is 4.05. The Hall–Kier alpha value is -0.820. The standard InChI is InChI=1S/C14H23N/c1-4-14(2,3)11-10-13(15)12-8-6-5-7-9-12/h5-9,13H,4,10-11,15H2,1-3H3. The zero-order valence-corrected chi connectivity index (χ0v) is 10.2. The smallest absolute Gasteiger partial charge is 0.0295 e. The highest BCUT2D eigenvalue weighted by molar-refractivity contribution is 5.18. The van der Waals surface area contributed by atoms with Gasteiger partial charge in [0.25, 0.3) is 0 Å². The van der Waals surface area contributed by atoms with Crippen molar-refractivity contribution in [1.29, 1.82) is 0 Å². The molecule has 0 heterocycles. The van der Waals surface area contributed by atoms with Gasteiger partial charge in [-0.05, 0) is 23.8 Å². The highest BCUT2D eigenvalue weighted by Gasteiger charge is 2.16. The Morgan fingerprint density at radius 3 is 2.33 bits per heavy atom. The molecule has 1 aromatic rings.